The minimum Gasteiger partial charge on any atom is -0.324 e. The number of amides is 2. The smallest absolute Gasteiger partial charge is 0.255 e. The monoisotopic (exact) mass is 312 g/mol. The zero-order valence-corrected chi connectivity index (χ0v) is 13.2. The molecule has 0 bridgehead atoms. The fourth-order valence-electron chi connectivity index (χ4n) is 2.37. The minimum atomic E-state index is -0.181. The van der Waals surface area contributed by atoms with Crippen LogP contribution < -0.4 is 10.6 Å². The van der Waals surface area contributed by atoms with Crippen LogP contribution in [0.4, 0.5) is 11.4 Å². The number of fused-ring (bicyclic) bond motifs is 1. The normalized spacial score (nSPS) is 13.3. The van der Waals surface area contributed by atoms with E-state index in [-0.39, 0.29) is 11.8 Å². The highest BCUT2D eigenvalue weighted by Gasteiger charge is 2.17. The third-order valence-corrected chi connectivity index (χ3v) is 4.58. The maximum atomic E-state index is 12.4. The number of rotatable bonds is 2. The van der Waals surface area contributed by atoms with Gasteiger partial charge < -0.3 is 10.6 Å². The summed E-state index contributed by atoms with van der Waals surface area (Å²) >= 11 is 1.48. The summed E-state index contributed by atoms with van der Waals surface area (Å²) in [7, 11) is 0. The van der Waals surface area contributed by atoms with Gasteiger partial charge in [0.15, 0.2) is 0 Å². The van der Waals surface area contributed by atoms with Crippen LogP contribution in [0.1, 0.15) is 21.5 Å². The van der Waals surface area contributed by atoms with Crippen molar-refractivity contribution in [1.82, 2.24) is 0 Å². The molecule has 0 unspecified atom stereocenters. The SMILES string of the molecule is Cc1ccc(NC(=O)c2ccc3c(c2)NC(=O)CS3)c(C)c1. The zero-order chi connectivity index (χ0) is 15.7. The summed E-state index contributed by atoms with van der Waals surface area (Å²) in [5, 5.41) is 5.71. The largest absolute Gasteiger partial charge is 0.324 e. The van der Waals surface area contributed by atoms with Gasteiger partial charge in [0.2, 0.25) is 5.91 Å². The van der Waals surface area contributed by atoms with Crippen molar-refractivity contribution in [3.63, 3.8) is 0 Å². The number of hydrogen-bond donors (Lipinski definition) is 2. The molecule has 1 aliphatic rings. The van der Waals surface area contributed by atoms with E-state index >= 15 is 0 Å². The summed E-state index contributed by atoms with van der Waals surface area (Å²) < 4.78 is 0. The number of thioether (sulfide) groups is 1. The molecule has 0 fully saturated rings. The van der Waals surface area contributed by atoms with E-state index in [1.807, 2.05) is 38.1 Å². The van der Waals surface area contributed by atoms with Gasteiger partial charge in [-0.25, -0.2) is 0 Å². The van der Waals surface area contributed by atoms with E-state index in [1.165, 1.54) is 11.8 Å². The highest BCUT2D eigenvalue weighted by Crippen LogP contribution is 2.32. The minimum absolute atomic E-state index is 0.0376. The average Bonchev–Trinajstić information content (AvgIpc) is 2.49. The first-order valence-corrected chi connectivity index (χ1v) is 7.97. The summed E-state index contributed by atoms with van der Waals surface area (Å²) in [6.45, 7) is 3.98. The van der Waals surface area contributed by atoms with E-state index in [0.29, 0.717) is 17.0 Å². The van der Waals surface area contributed by atoms with E-state index < -0.39 is 0 Å². The molecular formula is C17H16N2O2S. The predicted octanol–water partition coefficient (Wildman–Crippen LogP) is 3.60. The number of aryl methyl sites for hydroxylation is 2. The molecule has 2 N–H and O–H groups in total. The number of hydrogen-bond acceptors (Lipinski definition) is 3. The van der Waals surface area contributed by atoms with Gasteiger partial charge in [-0.3, -0.25) is 9.59 Å². The van der Waals surface area contributed by atoms with E-state index in [1.54, 1.807) is 12.1 Å². The van der Waals surface area contributed by atoms with Gasteiger partial charge in [0.1, 0.15) is 0 Å². The number of carbonyl (C=O) groups excluding carboxylic acids is 2. The molecule has 22 heavy (non-hydrogen) atoms. The van der Waals surface area contributed by atoms with Crippen LogP contribution in [0, 0.1) is 13.8 Å². The van der Waals surface area contributed by atoms with E-state index in [4.69, 9.17) is 0 Å². The molecule has 0 radical (unpaired) electrons. The second kappa shape index (κ2) is 5.85. The van der Waals surface area contributed by atoms with Crippen LogP contribution in [0.5, 0.6) is 0 Å². The van der Waals surface area contributed by atoms with Gasteiger partial charge in [-0.1, -0.05) is 17.7 Å². The molecule has 1 heterocycles. The van der Waals surface area contributed by atoms with Crippen LogP contribution in [-0.4, -0.2) is 17.6 Å². The Labute approximate surface area is 133 Å². The lowest BCUT2D eigenvalue weighted by atomic mass is 10.1. The van der Waals surface area contributed by atoms with Crippen LogP contribution >= 0.6 is 11.8 Å². The lowest BCUT2D eigenvalue weighted by molar-refractivity contribution is -0.113. The Hall–Kier alpha value is -2.27. The summed E-state index contributed by atoms with van der Waals surface area (Å²) in [6, 6.07) is 11.3. The maximum Gasteiger partial charge on any atom is 0.255 e. The third kappa shape index (κ3) is 2.99. The molecule has 1 aliphatic heterocycles. The predicted molar refractivity (Wildman–Crippen MR) is 89.7 cm³/mol. The highest BCUT2D eigenvalue weighted by atomic mass is 32.2. The van der Waals surface area contributed by atoms with Crippen molar-refractivity contribution in [2.24, 2.45) is 0 Å². The number of anilines is 2. The Balaban J connectivity index is 1.83. The zero-order valence-electron chi connectivity index (χ0n) is 12.4. The Morgan fingerprint density at radius 3 is 2.77 bits per heavy atom. The van der Waals surface area contributed by atoms with Crippen LogP contribution in [-0.2, 0) is 4.79 Å². The van der Waals surface area contributed by atoms with Crippen LogP contribution in [0.25, 0.3) is 0 Å². The van der Waals surface area contributed by atoms with Crippen LogP contribution in [0.2, 0.25) is 0 Å². The molecule has 4 nitrogen and oxygen atoms in total. The van der Waals surface area contributed by atoms with Crippen LogP contribution in [0.15, 0.2) is 41.3 Å². The van der Waals surface area contributed by atoms with Crippen molar-refractivity contribution in [2.75, 3.05) is 16.4 Å². The topological polar surface area (TPSA) is 58.2 Å². The second-order valence-corrected chi connectivity index (χ2v) is 6.34. The molecule has 112 valence electrons. The summed E-state index contributed by atoms with van der Waals surface area (Å²) in [4.78, 5) is 24.8. The van der Waals surface area contributed by atoms with Gasteiger partial charge in [-0.2, -0.15) is 0 Å². The Morgan fingerprint density at radius 1 is 1.18 bits per heavy atom. The Kier molecular flexibility index (Phi) is 3.90. The first kappa shape index (κ1) is 14.7. The van der Waals surface area contributed by atoms with Crippen LogP contribution in [0.3, 0.4) is 0 Å². The molecule has 2 aromatic carbocycles. The summed E-state index contributed by atoms with van der Waals surface area (Å²) in [5.41, 5.74) is 4.21. The first-order valence-electron chi connectivity index (χ1n) is 6.98. The molecule has 3 rings (SSSR count). The molecule has 5 heteroatoms. The molecule has 0 saturated heterocycles. The Morgan fingerprint density at radius 2 is 2.00 bits per heavy atom. The number of carbonyl (C=O) groups is 2. The van der Waals surface area contributed by atoms with Crippen molar-refractivity contribution >= 4 is 35.0 Å². The molecule has 0 saturated carbocycles. The molecule has 2 aromatic rings. The van der Waals surface area contributed by atoms with Gasteiger partial charge in [-0.15, -0.1) is 11.8 Å². The molecule has 0 aliphatic carbocycles. The maximum absolute atomic E-state index is 12.4. The van der Waals surface area contributed by atoms with Gasteiger partial charge >= 0.3 is 0 Å². The number of nitrogens with one attached hydrogen (secondary N) is 2. The molecule has 0 atom stereocenters. The van der Waals surface area contributed by atoms with Gasteiger partial charge in [-0.05, 0) is 43.7 Å². The third-order valence-electron chi connectivity index (χ3n) is 3.50. The first-order chi connectivity index (χ1) is 10.5. The van der Waals surface area contributed by atoms with Crippen molar-refractivity contribution in [1.29, 1.82) is 0 Å². The Bertz CT molecular complexity index is 771. The van der Waals surface area contributed by atoms with Crippen molar-refractivity contribution in [3.05, 3.63) is 53.1 Å². The molecular weight excluding hydrogens is 296 g/mol. The lowest BCUT2D eigenvalue weighted by Crippen LogP contribution is -2.20. The lowest BCUT2D eigenvalue weighted by Gasteiger charge is -2.17. The highest BCUT2D eigenvalue weighted by molar-refractivity contribution is 8.00. The fourth-order valence-corrected chi connectivity index (χ4v) is 3.16. The van der Waals surface area contributed by atoms with E-state index in [0.717, 1.165) is 21.7 Å². The van der Waals surface area contributed by atoms with Crippen molar-refractivity contribution < 1.29 is 9.59 Å². The second-order valence-electron chi connectivity index (χ2n) is 5.32. The van der Waals surface area contributed by atoms with E-state index in [2.05, 4.69) is 10.6 Å². The fraction of sp³-hybridized carbons (Fsp3) is 0.176. The van der Waals surface area contributed by atoms with Gasteiger partial charge in [0.25, 0.3) is 5.91 Å². The standard InChI is InChI=1S/C17H16N2O2S/c1-10-3-5-13(11(2)7-10)19-17(21)12-4-6-15-14(8-12)18-16(20)9-22-15/h3-8H,9H2,1-2H3,(H,18,20)(H,19,21). The van der Waals surface area contributed by atoms with Gasteiger partial charge in [0, 0.05) is 16.1 Å². The van der Waals surface area contributed by atoms with Gasteiger partial charge in [0.05, 0.1) is 11.4 Å². The summed E-state index contributed by atoms with van der Waals surface area (Å²) in [5.74, 6) is 0.199. The quantitative estimate of drug-likeness (QED) is 0.891. The van der Waals surface area contributed by atoms with E-state index in [9.17, 15) is 9.59 Å². The number of benzene rings is 2. The van der Waals surface area contributed by atoms with Crippen molar-refractivity contribution in [3.8, 4) is 0 Å². The average molecular weight is 312 g/mol. The summed E-state index contributed by atoms with van der Waals surface area (Å²) in [6.07, 6.45) is 0. The molecule has 0 aromatic heterocycles. The van der Waals surface area contributed by atoms with Crippen molar-refractivity contribution in [2.45, 2.75) is 18.7 Å². The molecule has 0 spiro atoms. The molecule has 2 amide bonds.